The van der Waals surface area contributed by atoms with Crippen molar-refractivity contribution in [2.24, 2.45) is 0 Å². The summed E-state index contributed by atoms with van der Waals surface area (Å²) in [5.74, 6) is 1.38. The molecule has 7 heteroatoms. The van der Waals surface area contributed by atoms with E-state index in [1.807, 2.05) is 24.9 Å². The third-order valence-electron chi connectivity index (χ3n) is 4.51. The van der Waals surface area contributed by atoms with Crippen LogP contribution in [-0.2, 0) is 0 Å². The molecule has 1 aliphatic rings. The normalized spacial score (nSPS) is 17.4. The summed E-state index contributed by atoms with van der Waals surface area (Å²) < 4.78 is 2.13. The van der Waals surface area contributed by atoms with Crippen LogP contribution in [0.15, 0.2) is 17.1 Å². The van der Waals surface area contributed by atoms with Crippen LogP contribution in [0.1, 0.15) is 53.7 Å². The molecule has 1 saturated heterocycles. The first-order valence-electron chi connectivity index (χ1n) is 7.93. The van der Waals surface area contributed by atoms with E-state index in [0.29, 0.717) is 11.6 Å². The Kier molecular flexibility index (Phi) is 4.77. The highest BCUT2D eigenvalue weighted by molar-refractivity contribution is 7.07. The van der Waals surface area contributed by atoms with Crippen LogP contribution >= 0.6 is 11.3 Å². The third-order valence-corrected chi connectivity index (χ3v) is 5.10. The average molecular weight is 334 g/mol. The van der Waals surface area contributed by atoms with Gasteiger partial charge in [-0.1, -0.05) is 0 Å². The standard InChI is InChI=1S/C16H22N4O2S/c1-11-7-17-15(20(11)12(2)8-21)13-3-5-19(6-4-13)16(22)14-9-23-10-18-14/h7,9-10,12-13,21H,3-6,8H2,1-2H3/t12-/m1/s1. The van der Waals surface area contributed by atoms with Gasteiger partial charge in [0.05, 0.1) is 18.2 Å². The molecule has 0 aromatic carbocycles. The lowest BCUT2D eigenvalue weighted by molar-refractivity contribution is 0.0704. The second-order valence-corrected chi connectivity index (χ2v) is 6.82. The molecule has 0 radical (unpaired) electrons. The second-order valence-electron chi connectivity index (χ2n) is 6.10. The molecule has 1 N–H and O–H groups in total. The van der Waals surface area contributed by atoms with Crippen LogP contribution in [0.25, 0.3) is 0 Å². The van der Waals surface area contributed by atoms with Crippen molar-refractivity contribution in [3.8, 4) is 0 Å². The first-order valence-corrected chi connectivity index (χ1v) is 8.88. The van der Waals surface area contributed by atoms with Crippen molar-refractivity contribution in [3.05, 3.63) is 34.3 Å². The highest BCUT2D eigenvalue weighted by Gasteiger charge is 2.28. The predicted molar refractivity (Wildman–Crippen MR) is 88.8 cm³/mol. The molecule has 3 heterocycles. The van der Waals surface area contributed by atoms with Crippen LogP contribution in [0.2, 0.25) is 0 Å². The molecule has 1 aliphatic heterocycles. The van der Waals surface area contributed by atoms with Gasteiger partial charge in [-0.05, 0) is 26.7 Å². The van der Waals surface area contributed by atoms with Gasteiger partial charge in [-0.25, -0.2) is 9.97 Å². The maximum atomic E-state index is 12.3. The van der Waals surface area contributed by atoms with E-state index in [1.165, 1.54) is 11.3 Å². The third kappa shape index (κ3) is 3.16. The Morgan fingerprint density at radius 1 is 1.43 bits per heavy atom. The van der Waals surface area contributed by atoms with Crippen molar-refractivity contribution in [2.75, 3.05) is 19.7 Å². The molecule has 1 fully saturated rings. The molecule has 1 atom stereocenters. The summed E-state index contributed by atoms with van der Waals surface area (Å²) in [5, 5.41) is 11.3. The first kappa shape index (κ1) is 16.1. The number of aliphatic hydroxyl groups is 1. The molecule has 124 valence electrons. The van der Waals surface area contributed by atoms with E-state index < -0.39 is 0 Å². The quantitative estimate of drug-likeness (QED) is 0.931. The lowest BCUT2D eigenvalue weighted by atomic mass is 9.95. The Morgan fingerprint density at radius 3 is 2.78 bits per heavy atom. The Morgan fingerprint density at radius 2 is 2.17 bits per heavy atom. The zero-order valence-electron chi connectivity index (χ0n) is 13.5. The Balaban J connectivity index is 1.69. The highest BCUT2D eigenvalue weighted by Crippen LogP contribution is 2.30. The summed E-state index contributed by atoms with van der Waals surface area (Å²) in [6, 6.07) is 0.0298. The summed E-state index contributed by atoms with van der Waals surface area (Å²) in [5.41, 5.74) is 3.30. The number of hydrogen-bond donors (Lipinski definition) is 1. The van der Waals surface area contributed by atoms with Gasteiger partial charge < -0.3 is 14.6 Å². The maximum Gasteiger partial charge on any atom is 0.273 e. The van der Waals surface area contributed by atoms with Gasteiger partial charge in [0.1, 0.15) is 11.5 Å². The van der Waals surface area contributed by atoms with Crippen molar-refractivity contribution in [1.29, 1.82) is 0 Å². The molecule has 0 bridgehead atoms. The molecule has 1 amide bonds. The number of carbonyl (C=O) groups is 1. The Bertz CT molecular complexity index is 660. The van der Waals surface area contributed by atoms with Gasteiger partial charge in [0, 0.05) is 36.3 Å². The average Bonchev–Trinajstić information content (AvgIpc) is 3.23. The molecule has 0 spiro atoms. The summed E-state index contributed by atoms with van der Waals surface area (Å²) in [6.07, 6.45) is 3.66. The molecule has 2 aromatic rings. The predicted octanol–water partition coefficient (Wildman–Crippen LogP) is 2.22. The molecule has 0 aliphatic carbocycles. The number of nitrogens with zero attached hydrogens (tertiary/aromatic N) is 4. The SMILES string of the molecule is Cc1cnc(C2CCN(C(=O)c3cscn3)CC2)n1[C@H](C)CO. The molecule has 2 aromatic heterocycles. The minimum absolute atomic E-state index is 0.0212. The first-order chi connectivity index (χ1) is 11.1. The van der Waals surface area contributed by atoms with E-state index in [0.717, 1.165) is 37.4 Å². The number of amides is 1. The molecular formula is C16H22N4O2S. The number of rotatable bonds is 4. The van der Waals surface area contributed by atoms with Crippen molar-refractivity contribution >= 4 is 17.2 Å². The number of aromatic nitrogens is 3. The van der Waals surface area contributed by atoms with Gasteiger partial charge in [-0.3, -0.25) is 4.79 Å². The zero-order valence-corrected chi connectivity index (χ0v) is 14.3. The van der Waals surface area contributed by atoms with E-state index in [9.17, 15) is 9.90 Å². The number of aliphatic hydroxyl groups excluding tert-OH is 1. The molecule has 23 heavy (non-hydrogen) atoms. The molecule has 3 rings (SSSR count). The van der Waals surface area contributed by atoms with Gasteiger partial charge in [-0.15, -0.1) is 11.3 Å². The smallest absolute Gasteiger partial charge is 0.273 e. The summed E-state index contributed by atoms with van der Waals surface area (Å²) in [4.78, 5) is 22.9. The van der Waals surface area contributed by atoms with Gasteiger partial charge in [0.2, 0.25) is 0 Å². The number of piperidine rings is 1. The monoisotopic (exact) mass is 334 g/mol. The van der Waals surface area contributed by atoms with E-state index >= 15 is 0 Å². The summed E-state index contributed by atoms with van der Waals surface area (Å²) >= 11 is 1.44. The Hall–Kier alpha value is -1.73. The van der Waals surface area contributed by atoms with Crippen molar-refractivity contribution in [2.45, 2.75) is 38.6 Å². The number of hydrogen-bond acceptors (Lipinski definition) is 5. The fourth-order valence-electron chi connectivity index (χ4n) is 3.24. The lowest BCUT2D eigenvalue weighted by Gasteiger charge is -2.32. The van der Waals surface area contributed by atoms with Crippen LogP contribution in [-0.4, -0.2) is 50.1 Å². The number of likely N-dealkylation sites (tertiary alicyclic amines) is 1. The minimum atomic E-state index is 0.0212. The van der Waals surface area contributed by atoms with Gasteiger partial charge in [0.15, 0.2) is 0 Å². The summed E-state index contributed by atoms with van der Waals surface area (Å²) in [6.45, 7) is 5.56. The van der Waals surface area contributed by atoms with Gasteiger partial charge in [0.25, 0.3) is 5.91 Å². The molecule has 6 nitrogen and oxygen atoms in total. The van der Waals surface area contributed by atoms with Crippen molar-refractivity contribution < 1.29 is 9.90 Å². The van der Waals surface area contributed by atoms with E-state index in [1.54, 1.807) is 10.9 Å². The minimum Gasteiger partial charge on any atom is -0.394 e. The van der Waals surface area contributed by atoms with Crippen LogP contribution in [0, 0.1) is 6.92 Å². The van der Waals surface area contributed by atoms with Crippen molar-refractivity contribution in [1.82, 2.24) is 19.4 Å². The van der Waals surface area contributed by atoms with Crippen LogP contribution < -0.4 is 0 Å². The Labute approximate surface area is 139 Å². The molecule has 0 unspecified atom stereocenters. The topological polar surface area (TPSA) is 71.2 Å². The van der Waals surface area contributed by atoms with Gasteiger partial charge >= 0.3 is 0 Å². The number of carbonyl (C=O) groups excluding carboxylic acids is 1. The number of aryl methyl sites for hydroxylation is 1. The van der Waals surface area contributed by atoms with Crippen LogP contribution in [0.3, 0.4) is 0 Å². The maximum absolute atomic E-state index is 12.3. The van der Waals surface area contributed by atoms with E-state index in [-0.39, 0.29) is 18.6 Å². The van der Waals surface area contributed by atoms with Crippen molar-refractivity contribution in [3.63, 3.8) is 0 Å². The fraction of sp³-hybridized carbons (Fsp3) is 0.562. The van der Waals surface area contributed by atoms with Gasteiger partial charge in [-0.2, -0.15) is 0 Å². The zero-order chi connectivity index (χ0) is 16.4. The highest BCUT2D eigenvalue weighted by atomic mass is 32.1. The fourth-order valence-corrected chi connectivity index (χ4v) is 3.77. The number of imidazole rings is 1. The summed E-state index contributed by atoms with van der Waals surface area (Å²) in [7, 11) is 0. The largest absolute Gasteiger partial charge is 0.394 e. The molecule has 0 saturated carbocycles. The van der Waals surface area contributed by atoms with Crippen LogP contribution in [0.5, 0.6) is 0 Å². The van der Waals surface area contributed by atoms with E-state index in [2.05, 4.69) is 14.5 Å². The van der Waals surface area contributed by atoms with Crippen LogP contribution in [0.4, 0.5) is 0 Å². The lowest BCUT2D eigenvalue weighted by Crippen LogP contribution is -2.38. The van der Waals surface area contributed by atoms with E-state index in [4.69, 9.17) is 0 Å². The molecular weight excluding hydrogens is 312 g/mol. The second kappa shape index (κ2) is 6.80. The number of thiazole rings is 1.